The van der Waals surface area contributed by atoms with Crippen molar-refractivity contribution in [2.24, 2.45) is 5.92 Å². The van der Waals surface area contributed by atoms with Crippen LogP contribution in [0.15, 0.2) is 36.7 Å². The van der Waals surface area contributed by atoms with Gasteiger partial charge in [-0.3, -0.25) is 0 Å². The number of carbonyl (C=O) groups is 1. The molecule has 1 N–H and O–H groups in total. The van der Waals surface area contributed by atoms with Crippen LogP contribution < -0.4 is 4.74 Å². The standard InChI is InChI=1S/C22H29N3O4/c1-22(2,3)29-21(27)25-9-7-16(8-10-25)15-28-19-12-23-20(24-13-19)18-6-4-5-17(11-18)14-26/h4-6,11-13,16,26H,7-10,14-15H2,1-3H3. The number of piperidine rings is 1. The predicted molar refractivity (Wildman–Crippen MR) is 109 cm³/mol. The fraction of sp³-hybridized carbons (Fsp3) is 0.500. The molecule has 0 atom stereocenters. The average molecular weight is 399 g/mol. The number of carbonyl (C=O) groups excluding carboxylic acids is 1. The first-order chi connectivity index (χ1) is 13.8. The number of aromatic nitrogens is 2. The van der Waals surface area contributed by atoms with E-state index in [1.54, 1.807) is 17.3 Å². The van der Waals surface area contributed by atoms with Gasteiger partial charge >= 0.3 is 6.09 Å². The van der Waals surface area contributed by atoms with E-state index in [0.717, 1.165) is 24.0 Å². The van der Waals surface area contributed by atoms with Gasteiger partial charge in [0.2, 0.25) is 0 Å². The second-order valence-electron chi connectivity index (χ2n) is 8.32. The molecule has 1 aliphatic rings. The zero-order valence-electron chi connectivity index (χ0n) is 17.3. The van der Waals surface area contributed by atoms with Crippen LogP contribution in [-0.4, -0.2) is 51.4 Å². The molecule has 2 aromatic rings. The van der Waals surface area contributed by atoms with E-state index in [9.17, 15) is 9.90 Å². The van der Waals surface area contributed by atoms with Crippen LogP contribution in [0.3, 0.4) is 0 Å². The maximum atomic E-state index is 12.1. The van der Waals surface area contributed by atoms with E-state index in [4.69, 9.17) is 9.47 Å². The monoisotopic (exact) mass is 399 g/mol. The first kappa shape index (κ1) is 21.0. The number of likely N-dealkylation sites (tertiary alicyclic amines) is 1. The minimum atomic E-state index is -0.470. The lowest BCUT2D eigenvalue weighted by atomic mass is 9.98. The fourth-order valence-electron chi connectivity index (χ4n) is 3.17. The Morgan fingerprint density at radius 1 is 1.21 bits per heavy atom. The van der Waals surface area contributed by atoms with Gasteiger partial charge < -0.3 is 19.5 Å². The molecule has 0 unspecified atom stereocenters. The first-order valence-electron chi connectivity index (χ1n) is 9.97. The number of rotatable bonds is 5. The highest BCUT2D eigenvalue weighted by atomic mass is 16.6. The van der Waals surface area contributed by atoms with Gasteiger partial charge in [0, 0.05) is 18.7 Å². The molecule has 0 saturated carbocycles. The first-order valence-corrected chi connectivity index (χ1v) is 9.97. The lowest BCUT2D eigenvalue weighted by molar-refractivity contribution is 0.0165. The van der Waals surface area contributed by atoms with Crippen LogP contribution in [0.1, 0.15) is 39.2 Å². The Labute approximate surface area is 171 Å². The Hall–Kier alpha value is -2.67. The summed E-state index contributed by atoms with van der Waals surface area (Å²) in [5.74, 6) is 1.61. The van der Waals surface area contributed by atoms with E-state index in [0.29, 0.717) is 37.2 Å². The van der Waals surface area contributed by atoms with Gasteiger partial charge in [0.25, 0.3) is 0 Å². The molecular weight excluding hydrogens is 370 g/mol. The Balaban J connectivity index is 1.47. The third-order valence-corrected chi connectivity index (χ3v) is 4.75. The molecule has 0 spiro atoms. The van der Waals surface area contributed by atoms with E-state index in [-0.39, 0.29) is 12.7 Å². The van der Waals surface area contributed by atoms with E-state index in [1.165, 1.54) is 0 Å². The third kappa shape index (κ3) is 6.15. The van der Waals surface area contributed by atoms with Gasteiger partial charge in [0.1, 0.15) is 5.60 Å². The normalized spacial score (nSPS) is 15.2. The topological polar surface area (TPSA) is 84.8 Å². The van der Waals surface area contributed by atoms with E-state index >= 15 is 0 Å². The van der Waals surface area contributed by atoms with Crippen molar-refractivity contribution in [1.29, 1.82) is 0 Å². The molecule has 0 radical (unpaired) electrons. The summed E-state index contributed by atoms with van der Waals surface area (Å²) in [5.41, 5.74) is 1.21. The van der Waals surface area contributed by atoms with Gasteiger partial charge in [-0.2, -0.15) is 0 Å². The van der Waals surface area contributed by atoms with E-state index < -0.39 is 5.60 Å². The molecule has 1 aromatic carbocycles. The Bertz CT molecular complexity index is 810. The van der Waals surface area contributed by atoms with Gasteiger partial charge in [0.15, 0.2) is 11.6 Å². The highest BCUT2D eigenvalue weighted by Gasteiger charge is 2.27. The number of benzene rings is 1. The maximum absolute atomic E-state index is 12.1. The lowest BCUT2D eigenvalue weighted by Gasteiger charge is -2.33. The van der Waals surface area contributed by atoms with Crippen molar-refractivity contribution < 1.29 is 19.4 Å². The largest absolute Gasteiger partial charge is 0.490 e. The van der Waals surface area contributed by atoms with Crippen LogP contribution in [0.4, 0.5) is 4.79 Å². The molecule has 1 amide bonds. The number of ether oxygens (including phenoxy) is 2. The number of hydrogen-bond acceptors (Lipinski definition) is 6. The number of hydrogen-bond donors (Lipinski definition) is 1. The summed E-state index contributed by atoms with van der Waals surface area (Å²) in [6, 6.07) is 7.51. The van der Waals surface area contributed by atoms with Crippen LogP contribution in [0.2, 0.25) is 0 Å². The number of aliphatic hydroxyl groups excluding tert-OH is 1. The molecule has 7 nitrogen and oxygen atoms in total. The van der Waals surface area contributed by atoms with Gasteiger partial charge in [-0.05, 0) is 51.2 Å². The number of nitrogens with zero attached hydrogens (tertiary/aromatic N) is 3. The van der Waals surface area contributed by atoms with Gasteiger partial charge in [-0.15, -0.1) is 0 Å². The summed E-state index contributed by atoms with van der Waals surface area (Å²) in [5, 5.41) is 9.25. The Morgan fingerprint density at radius 2 is 1.90 bits per heavy atom. The molecule has 29 heavy (non-hydrogen) atoms. The number of aliphatic hydroxyl groups is 1. The molecule has 1 fully saturated rings. The van der Waals surface area contributed by atoms with Crippen LogP contribution in [0.5, 0.6) is 5.75 Å². The quantitative estimate of drug-likeness (QED) is 0.826. The van der Waals surface area contributed by atoms with Gasteiger partial charge in [-0.25, -0.2) is 14.8 Å². The van der Waals surface area contributed by atoms with Crippen molar-refractivity contribution in [3.63, 3.8) is 0 Å². The second kappa shape index (κ2) is 9.22. The van der Waals surface area contributed by atoms with E-state index in [1.807, 2.05) is 45.0 Å². The van der Waals surface area contributed by atoms with Gasteiger partial charge in [0.05, 0.1) is 25.6 Å². The molecule has 1 aromatic heterocycles. The summed E-state index contributed by atoms with van der Waals surface area (Å²) >= 11 is 0. The minimum absolute atomic E-state index is 0.0121. The summed E-state index contributed by atoms with van der Waals surface area (Å²) < 4.78 is 11.3. The zero-order valence-corrected chi connectivity index (χ0v) is 17.3. The van der Waals surface area contributed by atoms with Crippen LogP contribution in [0.25, 0.3) is 11.4 Å². The molecule has 3 rings (SSSR count). The van der Waals surface area contributed by atoms with Crippen molar-refractivity contribution in [3.05, 3.63) is 42.2 Å². The third-order valence-electron chi connectivity index (χ3n) is 4.75. The SMILES string of the molecule is CC(C)(C)OC(=O)N1CCC(COc2cnc(-c3cccc(CO)c3)nc2)CC1. The molecule has 0 aliphatic carbocycles. The summed E-state index contributed by atoms with van der Waals surface area (Å²) in [6.07, 6.45) is 4.86. The van der Waals surface area contributed by atoms with Crippen molar-refractivity contribution in [1.82, 2.24) is 14.9 Å². The minimum Gasteiger partial charge on any atom is -0.490 e. The highest BCUT2D eigenvalue weighted by molar-refractivity contribution is 5.68. The molecule has 2 heterocycles. The van der Waals surface area contributed by atoms with Crippen molar-refractivity contribution in [3.8, 4) is 17.1 Å². The smallest absolute Gasteiger partial charge is 0.410 e. The van der Waals surface area contributed by atoms with Crippen LogP contribution >= 0.6 is 0 Å². The molecule has 156 valence electrons. The zero-order chi connectivity index (χ0) is 20.9. The van der Waals surface area contributed by atoms with E-state index in [2.05, 4.69) is 9.97 Å². The molecule has 1 aliphatic heterocycles. The van der Waals surface area contributed by atoms with Crippen LogP contribution in [-0.2, 0) is 11.3 Å². The van der Waals surface area contributed by atoms with Crippen LogP contribution in [0, 0.1) is 5.92 Å². The maximum Gasteiger partial charge on any atom is 0.410 e. The molecule has 1 saturated heterocycles. The second-order valence-corrected chi connectivity index (χ2v) is 8.32. The predicted octanol–water partition coefficient (Wildman–Crippen LogP) is 3.66. The Kier molecular flexibility index (Phi) is 6.69. The van der Waals surface area contributed by atoms with Crippen molar-refractivity contribution in [2.45, 2.75) is 45.8 Å². The summed E-state index contributed by atoms with van der Waals surface area (Å²) in [6.45, 7) is 7.55. The lowest BCUT2D eigenvalue weighted by Crippen LogP contribution is -2.42. The van der Waals surface area contributed by atoms with Gasteiger partial charge in [-0.1, -0.05) is 18.2 Å². The molecule has 0 bridgehead atoms. The summed E-state index contributed by atoms with van der Waals surface area (Å²) in [7, 11) is 0. The molecular formula is C22H29N3O4. The summed E-state index contributed by atoms with van der Waals surface area (Å²) in [4.78, 5) is 22.6. The fourth-order valence-corrected chi connectivity index (χ4v) is 3.17. The number of amides is 1. The van der Waals surface area contributed by atoms with Crippen molar-refractivity contribution >= 4 is 6.09 Å². The highest BCUT2D eigenvalue weighted by Crippen LogP contribution is 2.22. The van der Waals surface area contributed by atoms with Crippen molar-refractivity contribution in [2.75, 3.05) is 19.7 Å². The Morgan fingerprint density at radius 3 is 2.52 bits per heavy atom. The molecule has 7 heteroatoms. The average Bonchev–Trinajstić information content (AvgIpc) is 2.72.